The van der Waals surface area contributed by atoms with Crippen LogP contribution >= 0.6 is 23.2 Å². The number of hydrogen-bond donors (Lipinski definition) is 2. The second-order valence-electron chi connectivity index (χ2n) is 4.29. The first-order chi connectivity index (χ1) is 10.0. The van der Waals surface area contributed by atoms with Gasteiger partial charge < -0.3 is 15.4 Å². The zero-order valence-corrected chi connectivity index (χ0v) is 13.2. The molecule has 0 aliphatic rings. The highest BCUT2D eigenvalue weighted by Gasteiger charge is 2.13. The van der Waals surface area contributed by atoms with E-state index >= 15 is 0 Å². The van der Waals surface area contributed by atoms with Gasteiger partial charge in [0.2, 0.25) is 5.91 Å². The predicted molar refractivity (Wildman–Crippen MR) is 82.9 cm³/mol. The van der Waals surface area contributed by atoms with E-state index in [0.29, 0.717) is 23.9 Å². The van der Waals surface area contributed by atoms with Gasteiger partial charge in [-0.25, -0.2) is 0 Å². The third-order valence-corrected chi connectivity index (χ3v) is 3.00. The van der Waals surface area contributed by atoms with E-state index in [1.807, 2.05) is 0 Å². The number of alkyl halides is 1. The van der Waals surface area contributed by atoms with E-state index in [4.69, 9.17) is 27.9 Å². The van der Waals surface area contributed by atoms with E-state index in [1.165, 1.54) is 0 Å². The summed E-state index contributed by atoms with van der Waals surface area (Å²) >= 11 is 11.2. The molecule has 5 nitrogen and oxygen atoms in total. The Morgan fingerprint density at radius 1 is 1.19 bits per heavy atom. The lowest BCUT2D eigenvalue weighted by molar-refractivity contribution is -0.127. The van der Waals surface area contributed by atoms with Crippen molar-refractivity contribution in [2.24, 2.45) is 0 Å². The van der Waals surface area contributed by atoms with Crippen LogP contribution < -0.4 is 15.4 Å². The topological polar surface area (TPSA) is 67.4 Å². The summed E-state index contributed by atoms with van der Waals surface area (Å²) in [6, 6.07) is 6.76. The van der Waals surface area contributed by atoms with E-state index < -0.39 is 6.10 Å². The Balaban J connectivity index is 2.25. The van der Waals surface area contributed by atoms with Crippen LogP contribution in [0.25, 0.3) is 0 Å². The summed E-state index contributed by atoms with van der Waals surface area (Å²) in [6.45, 7) is 2.34. The molecule has 0 fully saturated rings. The molecule has 0 saturated carbocycles. The molecule has 0 aromatic heterocycles. The number of carbonyl (C=O) groups is 2. The van der Waals surface area contributed by atoms with Crippen molar-refractivity contribution in [3.63, 3.8) is 0 Å². The van der Waals surface area contributed by atoms with Crippen LogP contribution in [-0.4, -0.2) is 36.9 Å². The molecular weight excluding hydrogens is 315 g/mol. The Morgan fingerprint density at radius 3 is 2.43 bits per heavy atom. The fourth-order valence-corrected chi connectivity index (χ4v) is 1.77. The van der Waals surface area contributed by atoms with E-state index in [-0.39, 0.29) is 24.1 Å². The molecule has 1 aromatic rings. The second-order valence-corrected chi connectivity index (χ2v) is 5.11. The quantitative estimate of drug-likeness (QED) is 0.565. The molecule has 1 atom stereocenters. The molecule has 1 unspecified atom stereocenters. The summed E-state index contributed by atoms with van der Waals surface area (Å²) in [5.74, 6) is 0.461. The number of rotatable bonds is 8. The Labute approximate surface area is 133 Å². The van der Waals surface area contributed by atoms with Crippen LogP contribution in [0, 0.1) is 0 Å². The molecule has 0 spiro atoms. The molecule has 0 bridgehead atoms. The minimum absolute atomic E-state index is 0.135. The molecule has 0 aliphatic heterocycles. The van der Waals surface area contributed by atoms with Crippen molar-refractivity contribution in [3.8, 4) is 5.75 Å². The summed E-state index contributed by atoms with van der Waals surface area (Å²) in [4.78, 5) is 22.9. The SMILES string of the molecule is CC(Oc1ccc(Cl)cc1)C(=O)NCCNC(=O)CCCl. The van der Waals surface area contributed by atoms with Crippen molar-refractivity contribution in [1.82, 2.24) is 10.6 Å². The molecule has 0 heterocycles. The van der Waals surface area contributed by atoms with Gasteiger partial charge in [-0.1, -0.05) is 11.6 Å². The number of carbonyl (C=O) groups excluding carboxylic acids is 2. The molecule has 116 valence electrons. The lowest BCUT2D eigenvalue weighted by atomic mass is 10.3. The molecule has 7 heteroatoms. The summed E-state index contributed by atoms with van der Waals surface area (Å²) in [6.07, 6.45) is -0.365. The standard InChI is InChI=1S/C14H18Cl2N2O3/c1-10(21-12-4-2-11(16)3-5-12)14(20)18-9-8-17-13(19)6-7-15/h2-5,10H,6-9H2,1H3,(H,17,19)(H,18,20). The minimum Gasteiger partial charge on any atom is -0.481 e. The zero-order valence-electron chi connectivity index (χ0n) is 11.7. The first-order valence-corrected chi connectivity index (χ1v) is 7.46. The van der Waals surface area contributed by atoms with Gasteiger partial charge in [-0.15, -0.1) is 11.6 Å². The monoisotopic (exact) mass is 332 g/mol. The Morgan fingerprint density at radius 2 is 1.81 bits per heavy atom. The van der Waals surface area contributed by atoms with Crippen molar-refractivity contribution < 1.29 is 14.3 Å². The van der Waals surface area contributed by atoms with Gasteiger partial charge >= 0.3 is 0 Å². The van der Waals surface area contributed by atoms with Crippen LogP contribution in [0.15, 0.2) is 24.3 Å². The van der Waals surface area contributed by atoms with Gasteiger partial charge in [-0.3, -0.25) is 9.59 Å². The zero-order chi connectivity index (χ0) is 15.7. The molecular formula is C14H18Cl2N2O3. The van der Waals surface area contributed by atoms with Gasteiger partial charge in [0.15, 0.2) is 6.10 Å². The fraction of sp³-hybridized carbons (Fsp3) is 0.429. The lowest BCUT2D eigenvalue weighted by Crippen LogP contribution is -2.40. The molecule has 0 aliphatic carbocycles. The lowest BCUT2D eigenvalue weighted by Gasteiger charge is -2.15. The number of nitrogens with one attached hydrogen (secondary N) is 2. The molecule has 2 N–H and O–H groups in total. The van der Waals surface area contributed by atoms with Gasteiger partial charge in [0.05, 0.1) is 0 Å². The molecule has 0 saturated heterocycles. The molecule has 1 aromatic carbocycles. The van der Waals surface area contributed by atoms with Gasteiger partial charge in [-0.05, 0) is 31.2 Å². The molecule has 1 rings (SSSR count). The summed E-state index contributed by atoms with van der Waals surface area (Å²) in [7, 11) is 0. The van der Waals surface area contributed by atoms with Crippen LogP contribution in [0.4, 0.5) is 0 Å². The van der Waals surface area contributed by atoms with Crippen molar-refractivity contribution in [3.05, 3.63) is 29.3 Å². The van der Waals surface area contributed by atoms with Crippen LogP contribution in [0.2, 0.25) is 5.02 Å². The van der Waals surface area contributed by atoms with E-state index in [1.54, 1.807) is 31.2 Å². The Hall–Kier alpha value is -1.46. The maximum atomic E-state index is 11.8. The Bertz CT molecular complexity index is 466. The van der Waals surface area contributed by atoms with Gasteiger partial charge in [-0.2, -0.15) is 0 Å². The average molecular weight is 333 g/mol. The third-order valence-electron chi connectivity index (χ3n) is 2.56. The number of ether oxygens (including phenoxy) is 1. The van der Waals surface area contributed by atoms with Gasteiger partial charge in [0, 0.05) is 30.4 Å². The average Bonchev–Trinajstić information content (AvgIpc) is 2.46. The largest absolute Gasteiger partial charge is 0.481 e. The molecule has 2 amide bonds. The van der Waals surface area contributed by atoms with E-state index in [9.17, 15) is 9.59 Å². The third kappa shape index (κ3) is 7.20. The van der Waals surface area contributed by atoms with Crippen molar-refractivity contribution in [2.45, 2.75) is 19.4 Å². The number of halogens is 2. The normalized spacial score (nSPS) is 11.6. The number of hydrogen-bond acceptors (Lipinski definition) is 3. The Kier molecular flexibility index (Phi) is 7.93. The fourth-order valence-electron chi connectivity index (χ4n) is 1.48. The smallest absolute Gasteiger partial charge is 0.260 e. The first kappa shape index (κ1) is 17.6. The summed E-state index contributed by atoms with van der Waals surface area (Å²) in [5, 5.41) is 5.92. The summed E-state index contributed by atoms with van der Waals surface area (Å²) < 4.78 is 5.47. The highest BCUT2D eigenvalue weighted by Crippen LogP contribution is 2.16. The number of amides is 2. The maximum Gasteiger partial charge on any atom is 0.260 e. The van der Waals surface area contributed by atoms with Crippen LogP contribution in [0.5, 0.6) is 5.75 Å². The van der Waals surface area contributed by atoms with Gasteiger partial charge in [0.25, 0.3) is 5.91 Å². The number of benzene rings is 1. The van der Waals surface area contributed by atoms with Crippen molar-refractivity contribution in [2.75, 3.05) is 19.0 Å². The second kappa shape index (κ2) is 9.47. The highest BCUT2D eigenvalue weighted by molar-refractivity contribution is 6.30. The maximum absolute atomic E-state index is 11.8. The van der Waals surface area contributed by atoms with Crippen molar-refractivity contribution in [1.29, 1.82) is 0 Å². The minimum atomic E-state index is -0.635. The molecule has 0 radical (unpaired) electrons. The van der Waals surface area contributed by atoms with Crippen LogP contribution in [0.3, 0.4) is 0 Å². The van der Waals surface area contributed by atoms with E-state index in [2.05, 4.69) is 10.6 Å². The predicted octanol–water partition coefficient (Wildman–Crippen LogP) is 1.97. The van der Waals surface area contributed by atoms with Gasteiger partial charge in [0.1, 0.15) is 5.75 Å². The first-order valence-electron chi connectivity index (χ1n) is 6.55. The van der Waals surface area contributed by atoms with Crippen LogP contribution in [0.1, 0.15) is 13.3 Å². The highest BCUT2D eigenvalue weighted by atomic mass is 35.5. The molecule has 21 heavy (non-hydrogen) atoms. The summed E-state index contributed by atoms with van der Waals surface area (Å²) in [5.41, 5.74) is 0. The van der Waals surface area contributed by atoms with E-state index in [0.717, 1.165) is 0 Å². The van der Waals surface area contributed by atoms with Crippen LogP contribution in [-0.2, 0) is 9.59 Å². The van der Waals surface area contributed by atoms with Crippen molar-refractivity contribution >= 4 is 35.0 Å².